The van der Waals surface area contributed by atoms with Gasteiger partial charge in [0.2, 0.25) is 5.91 Å². The number of benzene rings is 1. The monoisotopic (exact) mass is 311 g/mol. The van der Waals surface area contributed by atoms with Crippen molar-refractivity contribution in [3.05, 3.63) is 24.3 Å². The van der Waals surface area contributed by atoms with Gasteiger partial charge in [-0.25, -0.2) is 0 Å². The van der Waals surface area contributed by atoms with E-state index in [0.29, 0.717) is 19.4 Å². The van der Waals surface area contributed by atoms with Crippen molar-refractivity contribution < 1.29 is 19.4 Å². The van der Waals surface area contributed by atoms with Crippen molar-refractivity contribution in [3.8, 4) is 5.75 Å². The Morgan fingerprint density at radius 2 is 1.95 bits per heavy atom. The van der Waals surface area contributed by atoms with Gasteiger partial charge in [-0.1, -0.05) is 0 Å². The number of nitrogens with one attached hydrogen (secondary N) is 1. The lowest BCUT2D eigenvalue weighted by molar-refractivity contribution is -0.137. The van der Waals surface area contributed by atoms with Crippen LogP contribution in [-0.2, 0) is 9.59 Å². The van der Waals surface area contributed by atoms with E-state index in [1.54, 1.807) is 7.11 Å². The quantitative estimate of drug-likeness (QED) is 0.541. The molecule has 0 aromatic heterocycles. The standard InChI is InChI=1S/C15H21NO4S/c1-11(15(19)16-10-4-3-5-14(17)18)21-13-8-6-12(20-2)7-9-13/h6-9,11H,3-5,10H2,1-2H3,(H,16,19)(H,17,18). The van der Waals surface area contributed by atoms with Crippen molar-refractivity contribution in [2.75, 3.05) is 13.7 Å². The lowest BCUT2D eigenvalue weighted by Crippen LogP contribution is -2.31. The van der Waals surface area contributed by atoms with Gasteiger partial charge in [0.25, 0.3) is 0 Å². The molecule has 1 rings (SSSR count). The van der Waals surface area contributed by atoms with E-state index in [0.717, 1.165) is 10.6 Å². The Labute approximate surface area is 129 Å². The number of methoxy groups -OCH3 is 1. The molecule has 6 heteroatoms. The normalized spacial score (nSPS) is 11.7. The second-order valence-corrected chi connectivity index (χ2v) is 5.99. The number of hydrogen-bond donors (Lipinski definition) is 2. The molecule has 0 aliphatic carbocycles. The molecule has 0 radical (unpaired) electrons. The molecular weight excluding hydrogens is 290 g/mol. The summed E-state index contributed by atoms with van der Waals surface area (Å²) in [4.78, 5) is 23.3. The topological polar surface area (TPSA) is 75.6 Å². The highest BCUT2D eigenvalue weighted by Crippen LogP contribution is 2.25. The maximum absolute atomic E-state index is 11.9. The van der Waals surface area contributed by atoms with E-state index in [1.165, 1.54) is 11.8 Å². The molecule has 1 aromatic carbocycles. The summed E-state index contributed by atoms with van der Waals surface area (Å²) in [6.45, 7) is 2.36. The molecule has 0 bridgehead atoms. The zero-order valence-electron chi connectivity index (χ0n) is 12.3. The van der Waals surface area contributed by atoms with Crippen LogP contribution in [0.1, 0.15) is 26.2 Å². The van der Waals surface area contributed by atoms with E-state index in [1.807, 2.05) is 31.2 Å². The fourth-order valence-electron chi connectivity index (χ4n) is 1.67. The highest BCUT2D eigenvalue weighted by Gasteiger charge is 2.13. The minimum Gasteiger partial charge on any atom is -0.497 e. The van der Waals surface area contributed by atoms with Crippen molar-refractivity contribution >= 4 is 23.6 Å². The van der Waals surface area contributed by atoms with Gasteiger partial charge in [0.15, 0.2) is 0 Å². The van der Waals surface area contributed by atoms with Gasteiger partial charge in [-0.05, 0) is 44.0 Å². The molecule has 0 saturated heterocycles. The predicted octanol–water partition coefficient (Wildman–Crippen LogP) is 2.55. The average Bonchev–Trinajstić information content (AvgIpc) is 2.47. The van der Waals surface area contributed by atoms with Gasteiger partial charge >= 0.3 is 5.97 Å². The third-order valence-corrected chi connectivity index (χ3v) is 3.97. The van der Waals surface area contributed by atoms with Crippen LogP contribution in [0.2, 0.25) is 0 Å². The molecule has 116 valence electrons. The van der Waals surface area contributed by atoms with Gasteiger partial charge in [-0.3, -0.25) is 9.59 Å². The molecule has 1 aromatic rings. The van der Waals surface area contributed by atoms with Gasteiger partial charge in [0, 0.05) is 17.9 Å². The SMILES string of the molecule is COc1ccc(SC(C)C(=O)NCCCCC(=O)O)cc1. The molecule has 1 atom stereocenters. The highest BCUT2D eigenvalue weighted by molar-refractivity contribution is 8.00. The molecule has 0 saturated carbocycles. The number of hydrogen-bond acceptors (Lipinski definition) is 4. The fraction of sp³-hybridized carbons (Fsp3) is 0.467. The van der Waals surface area contributed by atoms with E-state index in [4.69, 9.17) is 9.84 Å². The van der Waals surface area contributed by atoms with E-state index in [9.17, 15) is 9.59 Å². The van der Waals surface area contributed by atoms with Gasteiger partial charge in [-0.2, -0.15) is 0 Å². The number of carbonyl (C=O) groups is 2. The Hall–Kier alpha value is -1.69. The van der Waals surface area contributed by atoms with Crippen LogP contribution in [0.25, 0.3) is 0 Å². The van der Waals surface area contributed by atoms with Crippen molar-refractivity contribution in [2.45, 2.75) is 36.3 Å². The van der Waals surface area contributed by atoms with Crippen LogP contribution in [0, 0.1) is 0 Å². The van der Waals surface area contributed by atoms with Crippen LogP contribution in [0.3, 0.4) is 0 Å². The third-order valence-electron chi connectivity index (χ3n) is 2.86. The first-order valence-corrected chi connectivity index (χ1v) is 7.71. The van der Waals surface area contributed by atoms with E-state index in [2.05, 4.69) is 5.32 Å². The second kappa shape index (κ2) is 9.28. The Morgan fingerprint density at radius 3 is 2.52 bits per heavy atom. The smallest absolute Gasteiger partial charge is 0.303 e. The second-order valence-electron chi connectivity index (χ2n) is 4.58. The Kier molecular flexibility index (Phi) is 7.68. The number of amides is 1. The Balaban J connectivity index is 2.28. The molecule has 2 N–H and O–H groups in total. The lowest BCUT2D eigenvalue weighted by atomic mass is 10.2. The minimum atomic E-state index is -0.801. The number of carboxylic acids is 1. The molecule has 21 heavy (non-hydrogen) atoms. The molecule has 1 unspecified atom stereocenters. The van der Waals surface area contributed by atoms with Crippen LogP contribution < -0.4 is 10.1 Å². The first kappa shape index (κ1) is 17.4. The van der Waals surface area contributed by atoms with Crippen LogP contribution in [0.4, 0.5) is 0 Å². The van der Waals surface area contributed by atoms with E-state index in [-0.39, 0.29) is 17.6 Å². The van der Waals surface area contributed by atoms with Crippen LogP contribution >= 0.6 is 11.8 Å². The molecule has 0 spiro atoms. The van der Waals surface area contributed by atoms with Gasteiger partial charge in [0.05, 0.1) is 12.4 Å². The molecule has 1 amide bonds. The molecule has 0 aliphatic rings. The van der Waals surface area contributed by atoms with Crippen LogP contribution in [0.15, 0.2) is 29.2 Å². The number of carbonyl (C=O) groups excluding carboxylic acids is 1. The van der Waals surface area contributed by atoms with Crippen molar-refractivity contribution in [3.63, 3.8) is 0 Å². The summed E-state index contributed by atoms with van der Waals surface area (Å²) in [6.07, 6.45) is 1.40. The zero-order valence-corrected chi connectivity index (χ0v) is 13.1. The molecular formula is C15H21NO4S. The number of aliphatic carboxylic acids is 1. The van der Waals surface area contributed by atoms with E-state index < -0.39 is 5.97 Å². The first-order chi connectivity index (χ1) is 10.0. The summed E-state index contributed by atoms with van der Waals surface area (Å²) >= 11 is 1.48. The van der Waals surface area contributed by atoms with Crippen LogP contribution in [0.5, 0.6) is 5.75 Å². The number of rotatable bonds is 9. The summed E-state index contributed by atoms with van der Waals surface area (Å²) in [5, 5.41) is 11.1. The minimum absolute atomic E-state index is 0.0360. The summed E-state index contributed by atoms with van der Waals surface area (Å²) < 4.78 is 5.08. The maximum atomic E-state index is 11.9. The number of carboxylic acid groups (broad SMARTS) is 1. The fourth-order valence-corrected chi connectivity index (χ4v) is 2.56. The third kappa shape index (κ3) is 7.04. The Bertz CT molecular complexity index is 461. The van der Waals surface area contributed by atoms with Gasteiger partial charge in [0.1, 0.15) is 5.75 Å². The summed E-state index contributed by atoms with van der Waals surface area (Å²) in [7, 11) is 1.61. The van der Waals surface area contributed by atoms with E-state index >= 15 is 0 Å². The molecule has 5 nitrogen and oxygen atoms in total. The lowest BCUT2D eigenvalue weighted by Gasteiger charge is -2.12. The average molecular weight is 311 g/mol. The van der Waals surface area contributed by atoms with Gasteiger partial charge < -0.3 is 15.2 Å². The van der Waals surface area contributed by atoms with Crippen molar-refractivity contribution in [1.29, 1.82) is 0 Å². The summed E-state index contributed by atoms with van der Waals surface area (Å²) in [5.74, 6) is -0.0502. The maximum Gasteiger partial charge on any atom is 0.303 e. The molecule has 0 heterocycles. The van der Waals surface area contributed by atoms with Crippen LogP contribution in [-0.4, -0.2) is 35.9 Å². The Morgan fingerprint density at radius 1 is 1.29 bits per heavy atom. The summed E-state index contributed by atoms with van der Waals surface area (Å²) in [6, 6.07) is 7.55. The predicted molar refractivity (Wildman–Crippen MR) is 82.8 cm³/mol. The number of ether oxygens (including phenoxy) is 1. The number of unbranched alkanes of at least 4 members (excludes halogenated alkanes) is 1. The van der Waals surface area contributed by atoms with Gasteiger partial charge in [-0.15, -0.1) is 11.8 Å². The first-order valence-electron chi connectivity index (χ1n) is 6.83. The zero-order chi connectivity index (χ0) is 15.7. The van der Waals surface area contributed by atoms with Crippen molar-refractivity contribution in [2.24, 2.45) is 0 Å². The molecule has 0 fully saturated rings. The summed E-state index contributed by atoms with van der Waals surface area (Å²) in [5.41, 5.74) is 0. The molecule has 0 aliphatic heterocycles. The number of thioether (sulfide) groups is 1. The van der Waals surface area contributed by atoms with Crippen molar-refractivity contribution in [1.82, 2.24) is 5.32 Å². The largest absolute Gasteiger partial charge is 0.497 e. The highest BCUT2D eigenvalue weighted by atomic mass is 32.2.